The van der Waals surface area contributed by atoms with Crippen molar-refractivity contribution >= 4 is 5.97 Å². The van der Waals surface area contributed by atoms with Crippen LogP contribution in [0.5, 0.6) is 5.75 Å². The van der Waals surface area contributed by atoms with E-state index in [1.54, 1.807) is 31.4 Å². The average Bonchev–Trinajstić information content (AvgIpc) is 2.35. The Kier molecular flexibility index (Phi) is 4.79. The van der Waals surface area contributed by atoms with Gasteiger partial charge >= 0.3 is 5.97 Å². The predicted molar refractivity (Wildman–Crippen MR) is 59.4 cm³/mol. The minimum Gasteiger partial charge on any atom is -0.497 e. The number of esters is 1. The standard InChI is InChI=1S/C12H16O4/c1-4-16-11(12(13)15-3)9-5-7-10(14-2)8-6-9/h5-8,11H,4H2,1-3H3/t11-/m1/s1. The number of hydrogen-bond donors (Lipinski definition) is 0. The van der Waals surface area contributed by atoms with E-state index in [2.05, 4.69) is 4.74 Å². The van der Waals surface area contributed by atoms with Crippen LogP contribution in [0.3, 0.4) is 0 Å². The molecule has 0 saturated carbocycles. The van der Waals surface area contributed by atoms with E-state index < -0.39 is 12.1 Å². The van der Waals surface area contributed by atoms with Crippen LogP contribution in [0.25, 0.3) is 0 Å². The molecule has 0 amide bonds. The van der Waals surface area contributed by atoms with Gasteiger partial charge < -0.3 is 14.2 Å². The highest BCUT2D eigenvalue weighted by Crippen LogP contribution is 2.21. The molecule has 4 heteroatoms. The van der Waals surface area contributed by atoms with Crippen molar-refractivity contribution in [2.24, 2.45) is 0 Å². The van der Waals surface area contributed by atoms with E-state index in [9.17, 15) is 4.79 Å². The summed E-state index contributed by atoms with van der Waals surface area (Å²) in [6.07, 6.45) is -0.666. The molecular weight excluding hydrogens is 208 g/mol. The zero-order chi connectivity index (χ0) is 12.0. The lowest BCUT2D eigenvalue weighted by atomic mass is 10.1. The Morgan fingerprint density at radius 1 is 1.25 bits per heavy atom. The maximum Gasteiger partial charge on any atom is 0.339 e. The molecule has 1 aromatic rings. The maximum atomic E-state index is 11.5. The summed E-state index contributed by atoms with van der Waals surface area (Å²) < 4.78 is 15.1. The van der Waals surface area contributed by atoms with Gasteiger partial charge in [0.15, 0.2) is 6.10 Å². The number of hydrogen-bond acceptors (Lipinski definition) is 4. The van der Waals surface area contributed by atoms with E-state index in [1.165, 1.54) is 7.11 Å². The van der Waals surface area contributed by atoms with E-state index in [0.717, 1.165) is 11.3 Å². The highest BCUT2D eigenvalue weighted by Gasteiger charge is 2.21. The van der Waals surface area contributed by atoms with Crippen LogP contribution in [0.15, 0.2) is 24.3 Å². The van der Waals surface area contributed by atoms with Crippen LogP contribution in [0, 0.1) is 0 Å². The van der Waals surface area contributed by atoms with Gasteiger partial charge in [-0.15, -0.1) is 0 Å². The number of rotatable bonds is 5. The molecule has 4 nitrogen and oxygen atoms in total. The molecule has 0 aliphatic heterocycles. The third kappa shape index (κ3) is 2.97. The van der Waals surface area contributed by atoms with Gasteiger partial charge in [0.2, 0.25) is 0 Å². The predicted octanol–water partition coefficient (Wildman–Crippen LogP) is 1.95. The molecule has 1 rings (SSSR count). The molecule has 16 heavy (non-hydrogen) atoms. The Bertz CT molecular complexity index is 331. The van der Waals surface area contributed by atoms with E-state index >= 15 is 0 Å². The molecule has 88 valence electrons. The van der Waals surface area contributed by atoms with Crippen LogP contribution < -0.4 is 4.74 Å². The second kappa shape index (κ2) is 6.12. The third-order valence-electron chi connectivity index (χ3n) is 2.17. The largest absolute Gasteiger partial charge is 0.497 e. The molecule has 0 aliphatic rings. The van der Waals surface area contributed by atoms with Gasteiger partial charge in [-0.1, -0.05) is 12.1 Å². The van der Waals surface area contributed by atoms with Gasteiger partial charge in [0, 0.05) is 6.61 Å². The number of carbonyl (C=O) groups excluding carboxylic acids is 1. The molecule has 0 unspecified atom stereocenters. The molecule has 0 fully saturated rings. The van der Waals surface area contributed by atoms with Crippen molar-refractivity contribution in [1.29, 1.82) is 0 Å². The lowest BCUT2D eigenvalue weighted by molar-refractivity contribution is -0.154. The third-order valence-corrected chi connectivity index (χ3v) is 2.17. The first kappa shape index (κ1) is 12.5. The molecule has 1 aromatic carbocycles. The monoisotopic (exact) mass is 224 g/mol. The number of methoxy groups -OCH3 is 2. The molecule has 1 atom stereocenters. The Balaban J connectivity index is 2.87. The summed E-state index contributed by atoms with van der Waals surface area (Å²) in [4.78, 5) is 11.5. The number of carbonyl (C=O) groups is 1. The Morgan fingerprint density at radius 2 is 1.88 bits per heavy atom. The Hall–Kier alpha value is -1.55. The first-order valence-corrected chi connectivity index (χ1v) is 5.06. The maximum absolute atomic E-state index is 11.5. The first-order chi connectivity index (χ1) is 7.72. The summed E-state index contributed by atoms with van der Waals surface area (Å²) in [7, 11) is 2.94. The van der Waals surface area contributed by atoms with Gasteiger partial charge in [-0.05, 0) is 24.6 Å². The molecular formula is C12H16O4. The van der Waals surface area contributed by atoms with E-state index in [0.29, 0.717) is 6.61 Å². The van der Waals surface area contributed by atoms with Crippen molar-refractivity contribution in [3.63, 3.8) is 0 Å². The molecule has 0 radical (unpaired) electrons. The molecule has 0 aliphatic carbocycles. The minimum absolute atomic E-state index is 0.396. The SMILES string of the molecule is CCO[C@@H](C(=O)OC)c1ccc(OC)cc1. The van der Waals surface area contributed by atoms with Gasteiger partial charge in [-0.25, -0.2) is 4.79 Å². The van der Waals surface area contributed by atoms with Gasteiger partial charge in [0.05, 0.1) is 14.2 Å². The van der Waals surface area contributed by atoms with Crippen LogP contribution in [0.4, 0.5) is 0 Å². The van der Waals surface area contributed by atoms with Crippen LogP contribution in [-0.4, -0.2) is 26.8 Å². The summed E-state index contributed by atoms with van der Waals surface area (Å²) in [6, 6.07) is 7.14. The molecule has 0 saturated heterocycles. The number of benzene rings is 1. The summed E-state index contributed by atoms with van der Waals surface area (Å²) in [6.45, 7) is 2.28. The van der Waals surface area contributed by atoms with Gasteiger partial charge in [-0.3, -0.25) is 0 Å². The summed E-state index contributed by atoms with van der Waals surface area (Å²) in [5.41, 5.74) is 0.759. The second-order valence-electron chi connectivity index (χ2n) is 3.13. The van der Waals surface area contributed by atoms with Gasteiger partial charge in [0.1, 0.15) is 5.75 Å². The zero-order valence-electron chi connectivity index (χ0n) is 9.73. The van der Waals surface area contributed by atoms with Gasteiger partial charge in [-0.2, -0.15) is 0 Å². The highest BCUT2D eigenvalue weighted by atomic mass is 16.6. The first-order valence-electron chi connectivity index (χ1n) is 5.06. The second-order valence-corrected chi connectivity index (χ2v) is 3.13. The lowest BCUT2D eigenvalue weighted by Gasteiger charge is -2.15. The van der Waals surface area contributed by atoms with Gasteiger partial charge in [0.25, 0.3) is 0 Å². The van der Waals surface area contributed by atoms with Crippen molar-refractivity contribution in [3.8, 4) is 5.75 Å². The topological polar surface area (TPSA) is 44.8 Å². The highest BCUT2D eigenvalue weighted by molar-refractivity contribution is 5.76. The molecule has 0 heterocycles. The summed E-state index contributed by atoms with van der Waals surface area (Å²) >= 11 is 0. The van der Waals surface area contributed by atoms with Crippen molar-refractivity contribution in [2.75, 3.05) is 20.8 Å². The van der Waals surface area contributed by atoms with Crippen LogP contribution in [0.2, 0.25) is 0 Å². The fraction of sp³-hybridized carbons (Fsp3) is 0.417. The fourth-order valence-corrected chi connectivity index (χ4v) is 1.35. The zero-order valence-corrected chi connectivity index (χ0v) is 9.73. The smallest absolute Gasteiger partial charge is 0.339 e. The lowest BCUT2D eigenvalue weighted by Crippen LogP contribution is -2.17. The summed E-state index contributed by atoms with van der Waals surface area (Å²) in [5, 5.41) is 0. The normalized spacial score (nSPS) is 11.9. The average molecular weight is 224 g/mol. The molecule has 0 bridgehead atoms. The molecule has 0 aromatic heterocycles. The molecule has 0 N–H and O–H groups in total. The number of ether oxygens (including phenoxy) is 3. The Labute approximate surface area is 95.1 Å². The van der Waals surface area contributed by atoms with Crippen molar-refractivity contribution in [2.45, 2.75) is 13.0 Å². The van der Waals surface area contributed by atoms with Crippen LogP contribution >= 0.6 is 0 Å². The van der Waals surface area contributed by atoms with Crippen LogP contribution in [0.1, 0.15) is 18.6 Å². The minimum atomic E-state index is -0.666. The van der Waals surface area contributed by atoms with Crippen molar-refractivity contribution in [3.05, 3.63) is 29.8 Å². The Morgan fingerprint density at radius 3 is 2.31 bits per heavy atom. The van der Waals surface area contributed by atoms with Crippen molar-refractivity contribution < 1.29 is 19.0 Å². The quantitative estimate of drug-likeness (QED) is 0.717. The van der Waals surface area contributed by atoms with E-state index in [1.807, 2.05) is 6.92 Å². The fourth-order valence-electron chi connectivity index (χ4n) is 1.35. The molecule has 0 spiro atoms. The van der Waals surface area contributed by atoms with E-state index in [4.69, 9.17) is 9.47 Å². The van der Waals surface area contributed by atoms with Crippen LogP contribution in [-0.2, 0) is 14.3 Å². The van der Waals surface area contributed by atoms with E-state index in [-0.39, 0.29) is 0 Å². The van der Waals surface area contributed by atoms with Crippen molar-refractivity contribution in [1.82, 2.24) is 0 Å². The summed E-state index contributed by atoms with van der Waals surface area (Å²) in [5.74, 6) is 0.343.